The maximum atomic E-state index is 13.9. The summed E-state index contributed by atoms with van der Waals surface area (Å²) in [6, 6.07) is 4.79. The number of carbonyl (C=O) groups is 1. The number of rotatable bonds is 7. The highest BCUT2D eigenvalue weighted by Gasteiger charge is 2.36. The van der Waals surface area contributed by atoms with Crippen LogP contribution in [0.2, 0.25) is 0 Å². The molecule has 174 valence electrons. The van der Waals surface area contributed by atoms with Crippen molar-refractivity contribution >= 4 is 23.1 Å². The minimum atomic E-state index is -0.488. The van der Waals surface area contributed by atoms with Gasteiger partial charge in [0.25, 0.3) is 0 Å². The van der Waals surface area contributed by atoms with Crippen molar-refractivity contribution in [3.8, 4) is 0 Å². The van der Waals surface area contributed by atoms with E-state index in [0.717, 1.165) is 23.4 Å². The zero-order chi connectivity index (χ0) is 23.7. The number of halogens is 2. The Bertz CT molecular complexity index is 1180. The molecule has 10 heteroatoms. The first kappa shape index (κ1) is 22.7. The van der Waals surface area contributed by atoms with Crippen LogP contribution in [0.15, 0.2) is 36.7 Å². The van der Waals surface area contributed by atoms with E-state index in [1.165, 1.54) is 6.07 Å². The molecule has 2 atom stereocenters. The predicted molar refractivity (Wildman–Crippen MR) is 121 cm³/mol. The Balaban J connectivity index is 1.48. The van der Waals surface area contributed by atoms with E-state index in [-0.39, 0.29) is 24.1 Å². The number of nitrogens with zero attached hydrogens (tertiary/aromatic N) is 4. The van der Waals surface area contributed by atoms with Crippen molar-refractivity contribution in [2.75, 3.05) is 29.7 Å². The second-order valence-electron chi connectivity index (χ2n) is 8.11. The summed E-state index contributed by atoms with van der Waals surface area (Å²) in [6.07, 6.45) is 3.14. The second kappa shape index (κ2) is 9.14. The smallest absolute Gasteiger partial charge is 0.249 e. The third-order valence-electron chi connectivity index (χ3n) is 5.81. The molecule has 33 heavy (non-hydrogen) atoms. The number of hydrogen-bond donors (Lipinski definition) is 2. The molecule has 0 bridgehead atoms. The van der Waals surface area contributed by atoms with Gasteiger partial charge < -0.3 is 20.3 Å². The number of aromatic nitrogens is 3. The number of fused-ring (bicyclic) bond motifs is 1. The van der Waals surface area contributed by atoms with Crippen molar-refractivity contribution in [1.82, 2.24) is 14.8 Å². The summed E-state index contributed by atoms with van der Waals surface area (Å²) in [5, 5.41) is 10.4. The van der Waals surface area contributed by atoms with E-state index in [0.29, 0.717) is 23.7 Å². The van der Waals surface area contributed by atoms with E-state index in [1.807, 2.05) is 31.9 Å². The summed E-state index contributed by atoms with van der Waals surface area (Å²) >= 11 is 0. The number of amides is 1. The monoisotopic (exact) mass is 456 g/mol. The summed E-state index contributed by atoms with van der Waals surface area (Å²) in [6.45, 7) is 4.25. The molecule has 1 aliphatic rings. The lowest BCUT2D eigenvalue weighted by molar-refractivity contribution is -0.120. The fourth-order valence-electron chi connectivity index (χ4n) is 3.97. The fourth-order valence-corrected chi connectivity index (χ4v) is 3.97. The third kappa shape index (κ3) is 4.65. The van der Waals surface area contributed by atoms with E-state index in [1.54, 1.807) is 24.2 Å². The van der Waals surface area contributed by atoms with Crippen LogP contribution in [-0.4, -0.2) is 47.0 Å². The van der Waals surface area contributed by atoms with Crippen molar-refractivity contribution < 1.29 is 18.3 Å². The highest BCUT2D eigenvalue weighted by molar-refractivity contribution is 6.04. The van der Waals surface area contributed by atoms with Gasteiger partial charge in [-0.3, -0.25) is 9.48 Å². The molecule has 0 fully saturated rings. The van der Waals surface area contributed by atoms with E-state index in [2.05, 4.69) is 20.7 Å². The Hall–Kier alpha value is -3.53. The second-order valence-corrected chi connectivity index (χ2v) is 8.11. The van der Waals surface area contributed by atoms with E-state index >= 15 is 0 Å². The summed E-state index contributed by atoms with van der Waals surface area (Å²) in [5.41, 5.74) is 3.30. The molecule has 0 spiro atoms. The van der Waals surface area contributed by atoms with Crippen LogP contribution in [0, 0.1) is 18.6 Å². The molecule has 2 aromatic heterocycles. The van der Waals surface area contributed by atoms with Gasteiger partial charge in [-0.25, -0.2) is 13.8 Å². The number of hydrogen-bond acceptors (Lipinski definition) is 6. The third-order valence-corrected chi connectivity index (χ3v) is 5.81. The molecule has 1 amide bonds. The average Bonchev–Trinajstić information content (AvgIpc) is 3.23. The standard InChI is InChI=1S/C23H26F2N6O2/c1-13-21-19(30(3)22(14(2)33-4)23(32)29-21)8-20(28-13)26-9-15-10-27-31(11-15)12-16-7-17(24)5-6-18(16)25/h5-8,10-11,14,22H,9,12H2,1-4H3,(H,26,28)(H,29,32)/t14-,22+/m1/s1. The molecule has 8 nitrogen and oxygen atoms in total. The van der Waals surface area contributed by atoms with Crippen LogP contribution in [0.5, 0.6) is 0 Å². The van der Waals surface area contributed by atoms with Gasteiger partial charge in [-0.1, -0.05) is 0 Å². The molecule has 0 saturated heterocycles. The van der Waals surface area contributed by atoms with Gasteiger partial charge >= 0.3 is 0 Å². The minimum Gasteiger partial charge on any atom is -0.379 e. The zero-order valence-corrected chi connectivity index (χ0v) is 18.9. The fraction of sp³-hybridized carbons (Fsp3) is 0.348. The van der Waals surface area contributed by atoms with Crippen LogP contribution < -0.4 is 15.5 Å². The first-order valence-corrected chi connectivity index (χ1v) is 10.5. The quantitative estimate of drug-likeness (QED) is 0.568. The lowest BCUT2D eigenvalue weighted by Gasteiger charge is -2.38. The largest absolute Gasteiger partial charge is 0.379 e. The number of ether oxygens (including phenoxy) is 1. The molecule has 0 aliphatic carbocycles. The van der Waals surface area contributed by atoms with Crippen LogP contribution in [0.1, 0.15) is 23.7 Å². The zero-order valence-electron chi connectivity index (χ0n) is 18.9. The topological polar surface area (TPSA) is 84.3 Å². The number of nitrogens with one attached hydrogen (secondary N) is 2. The van der Waals surface area contributed by atoms with Gasteiger partial charge in [-0.2, -0.15) is 5.10 Å². The molecule has 3 aromatic rings. The van der Waals surface area contributed by atoms with Gasteiger partial charge in [0.15, 0.2) is 0 Å². The van der Waals surface area contributed by atoms with E-state index in [4.69, 9.17) is 4.74 Å². The number of carbonyl (C=O) groups excluding carboxylic acids is 1. The van der Waals surface area contributed by atoms with Crippen molar-refractivity contribution in [3.05, 3.63) is 65.1 Å². The normalized spacial score (nSPS) is 16.4. The molecule has 3 heterocycles. The highest BCUT2D eigenvalue weighted by atomic mass is 19.1. The summed E-state index contributed by atoms with van der Waals surface area (Å²) in [7, 11) is 3.44. The van der Waals surface area contributed by atoms with Crippen LogP contribution in [0.3, 0.4) is 0 Å². The van der Waals surface area contributed by atoms with E-state index in [9.17, 15) is 13.6 Å². The molecule has 1 aliphatic heterocycles. The van der Waals surface area contributed by atoms with Gasteiger partial charge in [-0.15, -0.1) is 0 Å². The SMILES string of the molecule is CO[C@H](C)[C@H]1C(=O)Nc2c(cc(NCc3cnn(Cc4cc(F)ccc4F)c3)nc2C)N1C. The predicted octanol–water partition coefficient (Wildman–Crippen LogP) is 3.32. The lowest BCUT2D eigenvalue weighted by atomic mass is 10.0. The molecule has 1 aromatic carbocycles. The summed E-state index contributed by atoms with van der Waals surface area (Å²) in [4.78, 5) is 19.0. The minimum absolute atomic E-state index is 0.128. The van der Waals surface area contributed by atoms with Crippen molar-refractivity contribution in [1.29, 1.82) is 0 Å². The Morgan fingerprint density at radius 2 is 2.09 bits per heavy atom. The summed E-state index contributed by atoms with van der Waals surface area (Å²) in [5.74, 6) is -0.454. The number of pyridine rings is 1. The Morgan fingerprint density at radius 3 is 2.85 bits per heavy atom. The van der Waals surface area contributed by atoms with Gasteiger partial charge in [0.05, 0.1) is 35.9 Å². The Labute approximate surface area is 190 Å². The van der Waals surface area contributed by atoms with Crippen molar-refractivity contribution in [2.45, 2.75) is 39.1 Å². The molecule has 2 N–H and O–H groups in total. The molecular formula is C23H26F2N6O2. The number of anilines is 3. The first-order chi connectivity index (χ1) is 15.8. The maximum Gasteiger partial charge on any atom is 0.249 e. The van der Waals surface area contributed by atoms with Gasteiger partial charge in [0.2, 0.25) is 5.91 Å². The number of aryl methyl sites for hydroxylation is 1. The van der Waals surface area contributed by atoms with Crippen LogP contribution in [0.4, 0.5) is 26.0 Å². The molecule has 0 saturated carbocycles. The van der Waals surface area contributed by atoms with Crippen LogP contribution in [-0.2, 0) is 22.6 Å². The van der Waals surface area contributed by atoms with Gasteiger partial charge in [0, 0.05) is 44.1 Å². The molecule has 4 rings (SSSR count). The Kier molecular flexibility index (Phi) is 6.28. The summed E-state index contributed by atoms with van der Waals surface area (Å²) < 4.78 is 34.2. The molecule has 0 unspecified atom stereocenters. The number of methoxy groups -OCH3 is 1. The van der Waals surface area contributed by atoms with E-state index < -0.39 is 17.7 Å². The highest BCUT2D eigenvalue weighted by Crippen LogP contribution is 2.36. The molecular weight excluding hydrogens is 430 g/mol. The lowest BCUT2D eigenvalue weighted by Crippen LogP contribution is -2.52. The van der Waals surface area contributed by atoms with Crippen molar-refractivity contribution in [2.24, 2.45) is 0 Å². The number of likely N-dealkylation sites (N-methyl/N-ethyl adjacent to an activating group) is 1. The van der Waals surface area contributed by atoms with Gasteiger partial charge in [-0.05, 0) is 32.0 Å². The first-order valence-electron chi connectivity index (χ1n) is 10.5. The van der Waals surface area contributed by atoms with Crippen LogP contribution in [0.25, 0.3) is 0 Å². The van der Waals surface area contributed by atoms with Crippen LogP contribution >= 0.6 is 0 Å². The maximum absolute atomic E-state index is 13.9. The van der Waals surface area contributed by atoms with Gasteiger partial charge in [0.1, 0.15) is 23.5 Å². The van der Waals surface area contributed by atoms with Crippen molar-refractivity contribution in [3.63, 3.8) is 0 Å². The number of benzene rings is 1. The average molecular weight is 456 g/mol. The Morgan fingerprint density at radius 1 is 1.30 bits per heavy atom. The molecule has 0 radical (unpaired) electrons.